The summed E-state index contributed by atoms with van der Waals surface area (Å²) >= 11 is 5.98. The summed E-state index contributed by atoms with van der Waals surface area (Å²) in [6.45, 7) is 2.03. The lowest BCUT2D eigenvalue weighted by atomic mass is 10.2. The van der Waals surface area contributed by atoms with Crippen molar-refractivity contribution in [2.45, 2.75) is 13.2 Å². The lowest BCUT2D eigenvalue weighted by molar-refractivity contribution is -0.381. The van der Waals surface area contributed by atoms with E-state index in [1.54, 1.807) is 70.3 Å². The number of hydrogen-bond donors (Lipinski definition) is 1. The Kier molecular flexibility index (Phi) is 6.28. The van der Waals surface area contributed by atoms with Crippen LogP contribution < -0.4 is 14.7 Å². The van der Waals surface area contributed by atoms with Gasteiger partial charge in [-0.2, -0.15) is 0 Å². The maximum atomic E-state index is 11.6. The average molecular weight is 487 g/mol. The van der Waals surface area contributed by atoms with E-state index in [-0.39, 0.29) is 0 Å². The van der Waals surface area contributed by atoms with Crippen LogP contribution in [0.3, 0.4) is 0 Å². The van der Waals surface area contributed by atoms with Crippen LogP contribution in [0.25, 0.3) is 11.4 Å². The van der Waals surface area contributed by atoms with Gasteiger partial charge in [0.25, 0.3) is 12.0 Å². The average Bonchev–Trinajstić information content (AvgIpc) is 3.55. The first kappa shape index (κ1) is 22.4. The normalized spacial score (nSPS) is 11.7. The molecule has 2 aromatic heterocycles. The maximum absolute atomic E-state index is 11.6. The highest BCUT2D eigenvalue weighted by Crippen LogP contribution is 2.28. The van der Waals surface area contributed by atoms with Crippen LogP contribution in [0.1, 0.15) is 17.4 Å². The van der Waals surface area contributed by atoms with E-state index < -0.39 is 6.29 Å². The quantitative estimate of drug-likeness (QED) is 0.322. The van der Waals surface area contributed by atoms with Gasteiger partial charge in [-0.25, -0.2) is 9.36 Å². The van der Waals surface area contributed by atoms with Crippen molar-refractivity contribution >= 4 is 17.3 Å². The molecular formula is C26H21ClN5O3+. The van der Waals surface area contributed by atoms with E-state index in [0.717, 1.165) is 16.9 Å². The molecule has 2 heterocycles. The third kappa shape index (κ3) is 5.07. The number of halogens is 1. The first-order chi connectivity index (χ1) is 17.1. The number of benzene rings is 3. The molecule has 1 unspecified atom stereocenters. The molecule has 0 aliphatic rings. The number of nitrogens with one attached hydrogen (secondary N) is 1. The molecule has 5 aromatic rings. The van der Waals surface area contributed by atoms with E-state index in [4.69, 9.17) is 21.1 Å². The summed E-state index contributed by atoms with van der Waals surface area (Å²) in [5, 5.41) is 11.6. The first-order valence-corrected chi connectivity index (χ1v) is 11.2. The number of nitroso groups, excluding NO2 is 1. The number of rotatable bonds is 8. The molecule has 35 heavy (non-hydrogen) atoms. The van der Waals surface area contributed by atoms with Crippen LogP contribution >= 0.6 is 11.6 Å². The van der Waals surface area contributed by atoms with Gasteiger partial charge in [0.1, 0.15) is 5.56 Å². The largest absolute Gasteiger partial charge is 0.431 e. The van der Waals surface area contributed by atoms with E-state index in [1.807, 2.05) is 48.5 Å². The zero-order chi connectivity index (χ0) is 24.2. The second-order valence-corrected chi connectivity index (χ2v) is 8.20. The van der Waals surface area contributed by atoms with Gasteiger partial charge in [0.05, 0.1) is 11.4 Å². The highest BCUT2D eigenvalue weighted by atomic mass is 35.5. The Labute approximate surface area is 206 Å². The topological polar surface area (TPSA) is 85.1 Å². The third-order valence-electron chi connectivity index (χ3n) is 5.30. The number of nitrogens with zero attached hydrogens (tertiary/aromatic N) is 4. The van der Waals surface area contributed by atoms with Crippen molar-refractivity contribution in [1.82, 2.24) is 19.6 Å². The van der Waals surface area contributed by atoms with Gasteiger partial charge >= 0.3 is 0 Å². The molecule has 0 radical (unpaired) electrons. The van der Waals surface area contributed by atoms with E-state index >= 15 is 0 Å². The minimum atomic E-state index is -0.984. The number of hydrogen-bond acceptors (Lipinski definition) is 5. The smallest absolute Gasteiger partial charge is 0.277 e. The Hall–Kier alpha value is -4.43. The van der Waals surface area contributed by atoms with Gasteiger partial charge in [0.2, 0.25) is 11.8 Å². The zero-order valence-corrected chi connectivity index (χ0v) is 19.5. The van der Waals surface area contributed by atoms with E-state index in [2.05, 4.69) is 10.2 Å². The van der Waals surface area contributed by atoms with Crippen LogP contribution in [0.5, 0.6) is 11.8 Å². The third-order valence-corrected chi connectivity index (χ3v) is 5.55. The first-order valence-electron chi connectivity index (χ1n) is 10.8. The second-order valence-electron chi connectivity index (χ2n) is 7.77. The molecule has 174 valence electrons. The van der Waals surface area contributed by atoms with Crippen molar-refractivity contribution in [2.24, 2.45) is 0 Å². The van der Waals surface area contributed by atoms with Crippen molar-refractivity contribution < 1.29 is 14.7 Å². The molecule has 0 spiro atoms. The fourth-order valence-electron chi connectivity index (χ4n) is 3.48. The summed E-state index contributed by atoms with van der Waals surface area (Å²) in [4.78, 5) is 11.6. The molecule has 0 aliphatic heterocycles. The predicted octanol–water partition coefficient (Wildman–Crippen LogP) is 4.65. The minimum absolute atomic E-state index is 0.309. The molecule has 0 bridgehead atoms. The molecule has 0 amide bonds. The molecule has 3 aromatic carbocycles. The molecule has 0 saturated carbocycles. The number of aryl methyl sites for hydroxylation is 1. The Balaban J connectivity index is 1.43. The van der Waals surface area contributed by atoms with Gasteiger partial charge in [-0.05, 0) is 49.4 Å². The molecule has 0 aliphatic carbocycles. The van der Waals surface area contributed by atoms with Crippen molar-refractivity contribution in [3.63, 3.8) is 0 Å². The van der Waals surface area contributed by atoms with Crippen molar-refractivity contribution in [2.75, 3.05) is 0 Å². The van der Waals surface area contributed by atoms with Gasteiger partial charge in [0.15, 0.2) is 0 Å². The number of para-hydroxylation sites is 1. The molecule has 1 N–H and O–H groups in total. The molecule has 1 atom stereocenters. The summed E-state index contributed by atoms with van der Waals surface area (Å²) in [7, 11) is 0. The Bertz CT molecular complexity index is 1360. The zero-order valence-electron chi connectivity index (χ0n) is 18.7. The molecule has 5 rings (SSSR count). The number of aromatic nitrogens is 4. The maximum Gasteiger partial charge on any atom is 0.277 e. The van der Waals surface area contributed by atoms with Gasteiger partial charge in [-0.1, -0.05) is 41.4 Å². The van der Waals surface area contributed by atoms with Gasteiger partial charge in [-0.15, -0.1) is 10.2 Å². The summed E-state index contributed by atoms with van der Waals surface area (Å²) in [6.07, 6.45) is 2.58. The standard InChI is InChI=1S/C26H20ClN5O3/c1-18-6-10-20(11-7-18)31-16-14-24(28-31)34-26(22-4-2-3-5-23(22)30-33)35-25-15-17-32(29-25)21-12-8-19(27)9-13-21/h2-17,26H,1H3/p+1. The molecular weight excluding hydrogens is 466 g/mol. The molecule has 0 fully saturated rings. The highest BCUT2D eigenvalue weighted by molar-refractivity contribution is 6.30. The van der Waals surface area contributed by atoms with Crippen LogP contribution in [-0.2, 0) is 0 Å². The van der Waals surface area contributed by atoms with Gasteiger partial charge < -0.3 is 9.47 Å². The molecule has 0 saturated heterocycles. The fourth-order valence-corrected chi connectivity index (χ4v) is 3.61. The Morgan fingerprint density at radius 1 is 0.771 bits per heavy atom. The minimum Gasteiger partial charge on any atom is -0.431 e. The summed E-state index contributed by atoms with van der Waals surface area (Å²) in [5.74, 6) is 0.636. The van der Waals surface area contributed by atoms with Crippen LogP contribution in [0.4, 0.5) is 5.69 Å². The predicted molar refractivity (Wildman–Crippen MR) is 131 cm³/mol. The lowest BCUT2D eigenvalue weighted by Crippen LogP contribution is -2.56. The van der Waals surface area contributed by atoms with Crippen LogP contribution in [0, 0.1) is 11.8 Å². The van der Waals surface area contributed by atoms with E-state index in [9.17, 15) is 4.91 Å². The van der Waals surface area contributed by atoms with E-state index in [0.29, 0.717) is 28.0 Å². The van der Waals surface area contributed by atoms with Gasteiger partial charge in [-0.3, -0.25) is 0 Å². The van der Waals surface area contributed by atoms with Crippen LogP contribution in [0.2, 0.25) is 5.02 Å². The number of ether oxygens (including phenoxy) is 2. The summed E-state index contributed by atoms with van der Waals surface area (Å²) in [5.41, 5.74) is 3.71. The van der Waals surface area contributed by atoms with Crippen molar-refractivity contribution in [1.29, 1.82) is 0 Å². The highest BCUT2D eigenvalue weighted by Gasteiger charge is 2.25. The fraction of sp³-hybridized carbons (Fsp3) is 0.0769. The Morgan fingerprint density at radius 3 is 1.89 bits per heavy atom. The Morgan fingerprint density at radius 2 is 1.31 bits per heavy atom. The van der Waals surface area contributed by atoms with E-state index in [1.165, 1.54) is 0 Å². The molecule has 8 nitrogen and oxygen atoms in total. The van der Waals surface area contributed by atoms with Crippen molar-refractivity contribution in [3.05, 3.63) is 118 Å². The van der Waals surface area contributed by atoms with Crippen LogP contribution in [0.15, 0.2) is 97.3 Å². The monoisotopic (exact) mass is 486 g/mol. The summed E-state index contributed by atoms with van der Waals surface area (Å²) < 4.78 is 15.6. The molecule has 9 heteroatoms. The van der Waals surface area contributed by atoms with Crippen LogP contribution in [-0.4, -0.2) is 19.6 Å². The second kappa shape index (κ2) is 9.82. The summed E-state index contributed by atoms with van der Waals surface area (Å²) in [6, 6.07) is 25.6. The SMILES string of the molecule is Cc1ccc(-n2ccc(OC(Oc3ccn(-c4ccc(Cl)cc4)n3)c3ccccc3[NH+]=O)n2)cc1. The van der Waals surface area contributed by atoms with Crippen molar-refractivity contribution in [3.8, 4) is 23.1 Å². The van der Waals surface area contributed by atoms with Gasteiger partial charge in [0, 0.05) is 45.7 Å². The lowest BCUT2D eigenvalue weighted by Gasteiger charge is -2.17.